The molecule has 134 valence electrons. The minimum atomic E-state index is -3.64. The average Bonchev–Trinajstić information content (AvgIpc) is 2.62. The van der Waals surface area contributed by atoms with Crippen molar-refractivity contribution >= 4 is 26.4 Å². The molecule has 1 atom stereocenters. The van der Waals surface area contributed by atoms with E-state index < -0.39 is 20.0 Å². The SMILES string of the molecule is CC[C@@H](c1ccc([N+](=O)[O-])c2ncccc12)S(=O)(=O)c1ccc(C)cc1. The molecule has 26 heavy (non-hydrogen) atoms. The lowest BCUT2D eigenvalue weighted by atomic mass is 10.0. The van der Waals surface area contributed by atoms with Gasteiger partial charge >= 0.3 is 0 Å². The number of rotatable bonds is 5. The number of hydrogen-bond acceptors (Lipinski definition) is 5. The summed E-state index contributed by atoms with van der Waals surface area (Å²) in [6.07, 6.45) is 1.81. The van der Waals surface area contributed by atoms with Crippen LogP contribution in [0.1, 0.15) is 29.7 Å². The standard InChI is InChI=1S/C19H18N2O4S/c1-3-18(26(24,25)14-8-6-13(2)7-9-14)15-10-11-17(21(22)23)19-16(15)5-4-12-20-19/h4-12,18H,3H2,1-2H3/t18-/m0/s1. The minimum Gasteiger partial charge on any atom is -0.258 e. The van der Waals surface area contributed by atoms with E-state index in [0.29, 0.717) is 17.4 Å². The Balaban J connectivity index is 2.22. The van der Waals surface area contributed by atoms with Crippen molar-refractivity contribution in [2.45, 2.75) is 30.4 Å². The zero-order valence-electron chi connectivity index (χ0n) is 14.4. The van der Waals surface area contributed by atoms with Gasteiger partial charge in [0.25, 0.3) is 5.69 Å². The number of benzene rings is 2. The van der Waals surface area contributed by atoms with E-state index in [9.17, 15) is 18.5 Å². The Morgan fingerprint density at radius 2 is 1.81 bits per heavy atom. The molecule has 0 radical (unpaired) electrons. The van der Waals surface area contributed by atoms with Gasteiger partial charge in [0.15, 0.2) is 9.84 Å². The smallest absolute Gasteiger partial charge is 0.258 e. The van der Waals surface area contributed by atoms with Gasteiger partial charge in [0.2, 0.25) is 0 Å². The first kappa shape index (κ1) is 18.0. The van der Waals surface area contributed by atoms with Crippen LogP contribution in [0.2, 0.25) is 0 Å². The molecule has 0 saturated carbocycles. The van der Waals surface area contributed by atoms with Gasteiger partial charge in [-0.1, -0.05) is 36.8 Å². The zero-order valence-corrected chi connectivity index (χ0v) is 15.2. The number of nitro groups is 1. The van der Waals surface area contributed by atoms with Crippen LogP contribution in [0.4, 0.5) is 5.69 Å². The first-order valence-electron chi connectivity index (χ1n) is 8.19. The fourth-order valence-electron chi connectivity index (χ4n) is 3.11. The average molecular weight is 370 g/mol. The van der Waals surface area contributed by atoms with Gasteiger partial charge in [0.05, 0.1) is 15.1 Å². The van der Waals surface area contributed by atoms with Gasteiger partial charge in [0.1, 0.15) is 5.52 Å². The van der Waals surface area contributed by atoms with Crippen LogP contribution in [0.3, 0.4) is 0 Å². The van der Waals surface area contributed by atoms with Crippen molar-refractivity contribution in [1.29, 1.82) is 0 Å². The van der Waals surface area contributed by atoms with Crippen LogP contribution in [-0.2, 0) is 9.84 Å². The number of hydrogen-bond donors (Lipinski definition) is 0. The van der Waals surface area contributed by atoms with E-state index in [4.69, 9.17) is 0 Å². The largest absolute Gasteiger partial charge is 0.295 e. The first-order chi connectivity index (χ1) is 12.4. The number of nitrogens with zero attached hydrogens (tertiary/aromatic N) is 2. The molecule has 6 nitrogen and oxygen atoms in total. The Morgan fingerprint density at radius 3 is 2.42 bits per heavy atom. The zero-order chi connectivity index (χ0) is 18.9. The molecule has 1 heterocycles. The van der Waals surface area contributed by atoms with Crippen molar-refractivity contribution in [3.05, 3.63) is 76.0 Å². The predicted molar refractivity (Wildman–Crippen MR) is 99.8 cm³/mol. The van der Waals surface area contributed by atoms with Crippen molar-refractivity contribution in [3.63, 3.8) is 0 Å². The second-order valence-corrected chi connectivity index (χ2v) is 8.22. The minimum absolute atomic E-state index is 0.132. The Labute approximate surface area is 151 Å². The predicted octanol–water partition coefficient (Wildman–Crippen LogP) is 4.38. The molecule has 3 aromatic rings. The highest BCUT2D eigenvalue weighted by Gasteiger charge is 2.30. The second-order valence-electron chi connectivity index (χ2n) is 6.09. The normalized spacial score (nSPS) is 12.8. The molecule has 0 aliphatic heterocycles. The van der Waals surface area contributed by atoms with Crippen molar-refractivity contribution in [3.8, 4) is 0 Å². The molecule has 0 unspecified atom stereocenters. The highest BCUT2D eigenvalue weighted by Crippen LogP contribution is 2.37. The number of aryl methyl sites for hydroxylation is 1. The summed E-state index contributed by atoms with van der Waals surface area (Å²) in [6.45, 7) is 3.68. The summed E-state index contributed by atoms with van der Waals surface area (Å²) in [5.74, 6) is 0. The lowest BCUT2D eigenvalue weighted by Gasteiger charge is -2.18. The van der Waals surface area contributed by atoms with E-state index in [2.05, 4.69) is 4.98 Å². The van der Waals surface area contributed by atoms with E-state index in [-0.39, 0.29) is 16.1 Å². The van der Waals surface area contributed by atoms with Crippen molar-refractivity contribution in [2.75, 3.05) is 0 Å². The van der Waals surface area contributed by atoms with Crippen LogP contribution in [0.25, 0.3) is 10.9 Å². The van der Waals surface area contributed by atoms with Gasteiger partial charge in [0, 0.05) is 17.6 Å². The highest BCUT2D eigenvalue weighted by atomic mass is 32.2. The van der Waals surface area contributed by atoms with Crippen LogP contribution >= 0.6 is 0 Å². The molecule has 7 heteroatoms. The van der Waals surface area contributed by atoms with Gasteiger partial charge in [-0.15, -0.1) is 0 Å². The molecular weight excluding hydrogens is 352 g/mol. The quantitative estimate of drug-likeness (QED) is 0.491. The topological polar surface area (TPSA) is 90.2 Å². The van der Waals surface area contributed by atoms with Crippen molar-refractivity contribution < 1.29 is 13.3 Å². The third-order valence-electron chi connectivity index (χ3n) is 4.42. The number of non-ortho nitro benzene ring substituents is 1. The van der Waals surface area contributed by atoms with Gasteiger partial charge in [-0.05, 0) is 37.1 Å². The maximum atomic E-state index is 13.2. The number of sulfone groups is 1. The Kier molecular flexibility index (Phi) is 4.73. The van der Waals surface area contributed by atoms with Crippen molar-refractivity contribution in [1.82, 2.24) is 4.98 Å². The number of aromatic nitrogens is 1. The third kappa shape index (κ3) is 3.06. The lowest BCUT2D eigenvalue weighted by molar-refractivity contribution is -0.383. The van der Waals surface area contributed by atoms with Gasteiger partial charge in [-0.25, -0.2) is 13.4 Å². The van der Waals surface area contributed by atoms with Gasteiger partial charge in [-0.2, -0.15) is 0 Å². The van der Waals surface area contributed by atoms with Gasteiger partial charge in [-0.3, -0.25) is 10.1 Å². The Morgan fingerprint density at radius 1 is 1.12 bits per heavy atom. The maximum absolute atomic E-state index is 13.2. The van der Waals surface area contributed by atoms with Gasteiger partial charge < -0.3 is 0 Å². The van der Waals surface area contributed by atoms with E-state index in [1.54, 1.807) is 43.3 Å². The molecule has 3 rings (SSSR count). The van der Waals surface area contributed by atoms with E-state index in [1.807, 2.05) is 6.92 Å². The summed E-state index contributed by atoms with van der Waals surface area (Å²) in [5, 5.41) is 10.9. The second kappa shape index (κ2) is 6.84. The number of nitro benzene ring substituents is 1. The molecule has 0 N–H and O–H groups in total. The Hall–Kier alpha value is -2.80. The van der Waals surface area contributed by atoms with E-state index in [1.165, 1.54) is 18.3 Å². The molecule has 1 aromatic heterocycles. The number of pyridine rings is 1. The third-order valence-corrected chi connectivity index (χ3v) is 6.69. The molecule has 0 aliphatic carbocycles. The molecule has 2 aromatic carbocycles. The van der Waals surface area contributed by atoms with Crippen LogP contribution in [0, 0.1) is 17.0 Å². The summed E-state index contributed by atoms with van der Waals surface area (Å²) in [6, 6.07) is 12.9. The van der Waals surface area contributed by atoms with Crippen LogP contribution in [0.15, 0.2) is 59.6 Å². The molecule has 0 fully saturated rings. The first-order valence-corrected chi connectivity index (χ1v) is 9.73. The summed E-state index contributed by atoms with van der Waals surface area (Å²) in [5.41, 5.74) is 1.57. The highest BCUT2D eigenvalue weighted by molar-refractivity contribution is 7.91. The lowest BCUT2D eigenvalue weighted by Crippen LogP contribution is -2.14. The molecule has 0 aliphatic rings. The summed E-state index contributed by atoms with van der Waals surface area (Å²) < 4.78 is 26.4. The molecular formula is C19H18N2O4S. The van der Waals surface area contributed by atoms with Crippen LogP contribution in [-0.4, -0.2) is 18.3 Å². The molecule has 0 saturated heterocycles. The fraction of sp³-hybridized carbons (Fsp3) is 0.211. The van der Waals surface area contributed by atoms with E-state index in [0.717, 1.165) is 5.56 Å². The molecule has 0 spiro atoms. The van der Waals surface area contributed by atoms with Crippen molar-refractivity contribution in [2.24, 2.45) is 0 Å². The summed E-state index contributed by atoms with van der Waals surface area (Å²) >= 11 is 0. The summed E-state index contributed by atoms with van der Waals surface area (Å²) in [4.78, 5) is 15.1. The maximum Gasteiger partial charge on any atom is 0.295 e. The summed E-state index contributed by atoms with van der Waals surface area (Å²) in [7, 11) is -3.64. The monoisotopic (exact) mass is 370 g/mol. The van der Waals surface area contributed by atoms with Crippen LogP contribution in [0.5, 0.6) is 0 Å². The van der Waals surface area contributed by atoms with Crippen LogP contribution < -0.4 is 0 Å². The Bertz CT molecular complexity index is 1080. The molecule has 0 bridgehead atoms. The number of fused-ring (bicyclic) bond motifs is 1. The molecule has 0 amide bonds. The fourth-order valence-corrected chi connectivity index (χ4v) is 4.93. The van der Waals surface area contributed by atoms with E-state index >= 15 is 0 Å².